The third-order valence-corrected chi connectivity index (χ3v) is 3.67. The van der Waals surface area contributed by atoms with Crippen molar-refractivity contribution in [3.8, 4) is 0 Å². The summed E-state index contributed by atoms with van der Waals surface area (Å²) in [6, 6.07) is 11.3. The van der Waals surface area contributed by atoms with Crippen molar-refractivity contribution in [1.82, 2.24) is 10.6 Å². The van der Waals surface area contributed by atoms with Crippen LogP contribution in [0.5, 0.6) is 0 Å². The predicted molar refractivity (Wildman–Crippen MR) is 74.5 cm³/mol. The van der Waals surface area contributed by atoms with E-state index in [9.17, 15) is 5.11 Å². The Morgan fingerprint density at radius 2 is 2.17 bits per heavy atom. The van der Waals surface area contributed by atoms with E-state index < -0.39 is 0 Å². The van der Waals surface area contributed by atoms with Crippen LogP contribution in [0.2, 0.25) is 0 Å². The van der Waals surface area contributed by atoms with Gasteiger partial charge in [-0.25, -0.2) is 0 Å². The van der Waals surface area contributed by atoms with Gasteiger partial charge in [-0.2, -0.15) is 0 Å². The lowest BCUT2D eigenvalue weighted by Crippen LogP contribution is -2.37. The highest BCUT2D eigenvalue weighted by molar-refractivity contribution is 5.19. The molecule has 1 aliphatic heterocycles. The third kappa shape index (κ3) is 3.80. The number of rotatable bonds is 6. The Labute approximate surface area is 110 Å². The maximum Gasteiger partial charge on any atom is 0.0626 e. The van der Waals surface area contributed by atoms with E-state index >= 15 is 0 Å². The third-order valence-electron chi connectivity index (χ3n) is 3.67. The highest BCUT2D eigenvalue weighted by Crippen LogP contribution is 2.16. The summed E-state index contributed by atoms with van der Waals surface area (Å²) in [6.07, 6.45) is 3.70. The Kier molecular flexibility index (Phi) is 5.17. The van der Waals surface area contributed by atoms with Crippen LogP contribution in [0.15, 0.2) is 30.3 Å². The average Bonchev–Trinajstić information content (AvgIpc) is 2.90. The molecular formula is C15H24N2O. The summed E-state index contributed by atoms with van der Waals surface area (Å²) in [7, 11) is 0. The van der Waals surface area contributed by atoms with Gasteiger partial charge in [0, 0.05) is 12.1 Å². The van der Waals surface area contributed by atoms with Gasteiger partial charge in [0.05, 0.1) is 12.6 Å². The van der Waals surface area contributed by atoms with Gasteiger partial charge in [0.25, 0.3) is 0 Å². The van der Waals surface area contributed by atoms with Crippen molar-refractivity contribution in [3.63, 3.8) is 0 Å². The largest absolute Gasteiger partial charge is 0.394 e. The lowest BCUT2D eigenvalue weighted by atomic mass is 10.0. The standard InChI is InChI=1S/C15H24N2O/c1-12(10-14-8-5-9-16-14)17-15(11-18)13-6-3-2-4-7-13/h2-4,6-7,12,14-18H,5,8-11H2,1H3/t12?,14?,15-/m1/s1. The van der Waals surface area contributed by atoms with Gasteiger partial charge < -0.3 is 15.7 Å². The molecule has 0 saturated carbocycles. The lowest BCUT2D eigenvalue weighted by molar-refractivity contribution is 0.230. The lowest BCUT2D eigenvalue weighted by Gasteiger charge is -2.24. The van der Waals surface area contributed by atoms with Gasteiger partial charge in [0.1, 0.15) is 0 Å². The summed E-state index contributed by atoms with van der Waals surface area (Å²) in [5.41, 5.74) is 1.16. The molecule has 0 bridgehead atoms. The van der Waals surface area contributed by atoms with Crippen LogP contribution in [-0.2, 0) is 0 Å². The monoisotopic (exact) mass is 248 g/mol. The Hall–Kier alpha value is -0.900. The second-order valence-corrected chi connectivity index (χ2v) is 5.24. The second-order valence-electron chi connectivity index (χ2n) is 5.24. The summed E-state index contributed by atoms with van der Waals surface area (Å²) >= 11 is 0. The predicted octanol–water partition coefficient (Wildman–Crippen LogP) is 1.84. The molecule has 2 rings (SSSR count). The Morgan fingerprint density at radius 1 is 1.39 bits per heavy atom. The van der Waals surface area contributed by atoms with Crippen LogP contribution in [0.4, 0.5) is 0 Å². The molecule has 0 spiro atoms. The molecule has 0 aliphatic carbocycles. The van der Waals surface area contributed by atoms with Crippen molar-refractivity contribution in [2.75, 3.05) is 13.2 Å². The highest BCUT2D eigenvalue weighted by Gasteiger charge is 2.19. The molecular weight excluding hydrogens is 224 g/mol. The summed E-state index contributed by atoms with van der Waals surface area (Å²) < 4.78 is 0. The maximum atomic E-state index is 9.51. The number of benzene rings is 1. The Bertz CT molecular complexity index is 336. The number of nitrogens with one attached hydrogen (secondary N) is 2. The van der Waals surface area contributed by atoms with Crippen LogP contribution in [0.1, 0.15) is 37.8 Å². The Balaban J connectivity index is 1.85. The van der Waals surface area contributed by atoms with Crippen LogP contribution in [0.25, 0.3) is 0 Å². The summed E-state index contributed by atoms with van der Waals surface area (Å²) in [4.78, 5) is 0. The molecule has 1 saturated heterocycles. The molecule has 3 heteroatoms. The van der Waals surface area contributed by atoms with Crippen LogP contribution in [0.3, 0.4) is 0 Å². The van der Waals surface area contributed by atoms with Crippen molar-refractivity contribution in [1.29, 1.82) is 0 Å². The zero-order chi connectivity index (χ0) is 12.8. The molecule has 1 aromatic carbocycles. The quantitative estimate of drug-likeness (QED) is 0.720. The minimum Gasteiger partial charge on any atom is -0.394 e. The molecule has 18 heavy (non-hydrogen) atoms. The summed E-state index contributed by atoms with van der Waals surface area (Å²) in [5, 5.41) is 16.5. The van der Waals surface area contributed by atoms with Gasteiger partial charge in [-0.15, -0.1) is 0 Å². The van der Waals surface area contributed by atoms with E-state index in [1.165, 1.54) is 12.8 Å². The first-order valence-corrected chi connectivity index (χ1v) is 6.95. The van der Waals surface area contributed by atoms with E-state index in [0.29, 0.717) is 12.1 Å². The molecule has 100 valence electrons. The molecule has 0 aromatic heterocycles. The smallest absolute Gasteiger partial charge is 0.0626 e. The van der Waals surface area contributed by atoms with Crippen LogP contribution in [-0.4, -0.2) is 30.3 Å². The van der Waals surface area contributed by atoms with E-state index in [4.69, 9.17) is 0 Å². The highest BCUT2D eigenvalue weighted by atomic mass is 16.3. The first kappa shape index (κ1) is 13.5. The topological polar surface area (TPSA) is 44.3 Å². The molecule has 2 unspecified atom stereocenters. The fourth-order valence-electron chi connectivity index (χ4n) is 2.74. The van der Waals surface area contributed by atoms with E-state index in [2.05, 4.69) is 29.7 Å². The SMILES string of the molecule is CC(CC1CCCN1)N[C@H](CO)c1ccccc1. The molecule has 3 N–H and O–H groups in total. The molecule has 3 nitrogen and oxygen atoms in total. The van der Waals surface area contributed by atoms with Gasteiger partial charge in [0.2, 0.25) is 0 Å². The zero-order valence-electron chi connectivity index (χ0n) is 11.1. The van der Waals surface area contributed by atoms with Crippen molar-refractivity contribution < 1.29 is 5.11 Å². The molecule has 0 amide bonds. The molecule has 1 heterocycles. The van der Waals surface area contributed by atoms with E-state index in [-0.39, 0.29) is 12.6 Å². The van der Waals surface area contributed by atoms with E-state index in [1.54, 1.807) is 0 Å². The number of hydrogen-bond donors (Lipinski definition) is 3. The summed E-state index contributed by atoms with van der Waals surface area (Å²) in [5.74, 6) is 0. The normalized spacial score (nSPS) is 22.9. The van der Waals surface area contributed by atoms with Gasteiger partial charge in [-0.05, 0) is 38.3 Å². The molecule has 0 radical (unpaired) electrons. The second kappa shape index (κ2) is 6.88. The first-order valence-electron chi connectivity index (χ1n) is 6.95. The van der Waals surface area contributed by atoms with Crippen molar-refractivity contribution in [3.05, 3.63) is 35.9 Å². The Morgan fingerprint density at radius 3 is 2.78 bits per heavy atom. The fraction of sp³-hybridized carbons (Fsp3) is 0.600. The van der Waals surface area contributed by atoms with Gasteiger partial charge in [0.15, 0.2) is 0 Å². The zero-order valence-corrected chi connectivity index (χ0v) is 11.1. The average molecular weight is 248 g/mol. The van der Waals surface area contributed by atoms with Gasteiger partial charge >= 0.3 is 0 Å². The van der Waals surface area contributed by atoms with Crippen LogP contribution < -0.4 is 10.6 Å². The number of aliphatic hydroxyl groups excluding tert-OH is 1. The number of aliphatic hydroxyl groups is 1. The van der Waals surface area contributed by atoms with Crippen LogP contribution in [0, 0.1) is 0 Å². The van der Waals surface area contributed by atoms with Crippen LogP contribution >= 0.6 is 0 Å². The molecule has 1 aromatic rings. The minimum absolute atomic E-state index is 0.0441. The van der Waals surface area contributed by atoms with E-state index in [1.807, 2.05) is 18.2 Å². The molecule has 1 fully saturated rings. The van der Waals surface area contributed by atoms with Crippen molar-refractivity contribution in [2.45, 2.75) is 44.3 Å². The molecule has 3 atom stereocenters. The van der Waals surface area contributed by atoms with Gasteiger partial charge in [-0.3, -0.25) is 0 Å². The van der Waals surface area contributed by atoms with Crippen molar-refractivity contribution in [2.24, 2.45) is 0 Å². The molecule has 1 aliphatic rings. The van der Waals surface area contributed by atoms with E-state index in [0.717, 1.165) is 18.5 Å². The first-order chi connectivity index (χ1) is 8.79. The number of hydrogen-bond acceptors (Lipinski definition) is 3. The maximum absolute atomic E-state index is 9.51. The van der Waals surface area contributed by atoms with Gasteiger partial charge in [-0.1, -0.05) is 30.3 Å². The summed E-state index contributed by atoms with van der Waals surface area (Å²) in [6.45, 7) is 3.50. The minimum atomic E-state index is 0.0441. The van der Waals surface area contributed by atoms with Crippen molar-refractivity contribution >= 4 is 0 Å². The fourth-order valence-corrected chi connectivity index (χ4v) is 2.74.